The van der Waals surface area contributed by atoms with Crippen LogP contribution in [0.25, 0.3) is 0 Å². The van der Waals surface area contributed by atoms with Crippen molar-refractivity contribution in [3.63, 3.8) is 0 Å². The maximum Gasteiger partial charge on any atom is 0.172 e. The Hall–Kier alpha value is -1.72. The fourth-order valence-corrected chi connectivity index (χ4v) is 1.73. The molecule has 4 nitrogen and oxygen atoms in total. The highest BCUT2D eigenvalue weighted by molar-refractivity contribution is 7.80. The highest BCUT2D eigenvalue weighted by Gasteiger charge is 2.01. The van der Waals surface area contributed by atoms with Gasteiger partial charge in [0.15, 0.2) is 5.11 Å². The van der Waals surface area contributed by atoms with Crippen LogP contribution in [0, 0.1) is 6.92 Å². The van der Waals surface area contributed by atoms with Crippen molar-refractivity contribution >= 4 is 34.7 Å². The summed E-state index contributed by atoms with van der Waals surface area (Å²) in [7, 11) is 0. The highest BCUT2D eigenvalue weighted by atomic mass is 35.5. The normalized spacial score (nSPS) is 10.0. The number of rotatable bonds is 3. The van der Waals surface area contributed by atoms with E-state index in [9.17, 15) is 0 Å². The van der Waals surface area contributed by atoms with Crippen LogP contribution in [0.2, 0.25) is 5.02 Å². The first-order valence-corrected chi connectivity index (χ1v) is 6.49. The minimum atomic E-state index is 0.512. The topological polar surface area (TPSA) is 49.8 Å². The van der Waals surface area contributed by atoms with Gasteiger partial charge in [0.25, 0.3) is 0 Å². The smallest absolute Gasteiger partial charge is 0.172 e. The SMILES string of the molecule is Cc1cc(NC(=S)NCc2cccnc2)ncc1Cl. The molecule has 2 heterocycles. The van der Waals surface area contributed by atoms with Crippen LogP contribution in [-0.4, -0.2) is 15.1 Å². The Bertz CT molecular complexity index is 574. The van der Waals surface area contributed by atoms with Crippen molar-refractivity contribution in [2.75, 3.05) is 5.32 Å². The molecule has 0 aromatic carbocycles. The van der Waals surface area contributed by atoms with E-state index in [1.165, 1.54) is 0 Å². The molecule has 0 aliphatic carbocycles. The number of halogens is 1. The van der Waals surface area contributed by atoms with E-state index < -0.39 is 0 Å². The molecule has 0 amide bonds. The minimum Gasteiger partial charge on any atom is -0.358 e. The standard InChI is InChI=1S/C13H13ClN4S/c1-9-5-12(16-8-11(9)14)18-13(19)17-7-10-3-2-4-15-6-10/h2-6,8H,7H2,1H3,(H2,16,17,18,19). The molecule has 98 valence electrons. The molecule has 0 fully saturated rings. The summed E-state index contributed by atoms with van der Waals surface area (Å²) in [5, 5.41) is 7.25. The molecule has 0 spiro atoms. The number of nitrogens with zero attached hydrogens (tertiary/aromatic N) is 2. The van der Waals surface area contributed by atoms with Crippen molar-refractivity contribution in [1.82, 2.24) is 15.3 Å². The predicted octanol–water partition coefficient (Wildman–Crippen LogP) is 2.93. The molecule has 0 aliphatic heterocycles. The van der Waals surface area contributed by atoms with Crippen LogP contribution in [0.5, 0.6) is 0 Å². The lowest BCUT2D eigenvalue weighted by molar-refractivity contribution is 0.916. The summed E-state index contributed by atoms with van der Waals surface area (Å²) in [6.45, 7) is 2.54. The van der Waals surface area contributed by atoms with Crippen molar-refractivity contribution in [2.45, 2.75) is 13.5 Å². The zero-order valence-corrected chi connectivity index (χ0v) is 11.9. The third-order valence-electron chi connectivity index (χ3n) is 2.46. The van der Waals surface area contributed by atoms with Gasteiger partial charge in [0.1, 0.15) is 5.82 Å². The molecule has 0 radical (unpaired) electrons. The highest BCUT2D eigenvalue weighted by Crippen LogP contribution is 2.16. The summed E-state index contributed by atoms with van der Waals surface area (Å²) >= 11 is 11.1. The van der Waals surface area contributed by atoms with Crippen molar-refractivity contribution in [1.29, 1.82) is 0 Å². The first-order valence-electron chi connectivity index (χ1n) is 5.71. The van der Waals surface area contributed by atoms with E-state index in [2.05, 4.69) is 20.6 Å². The van der Waals surface area contributed by atoms with Gasteiger partial charge < -0.3 is 10.6 Å². The molecular formula is C13H13ClN4S. The van der Waals surface area contributed by atoms with Crippen LogP contribution in [0.4, 0.5) is 5.82 Å². The lowest BCUT2D eigenvalue weighted by atomic mass is 10.3. The second-order valence-electron chi connectivity index (χ2n) is 3.99. The molecule has 2 N–H and O–H groups in total. The molecule has 0 bridgehead atoms. The van der Waals surface area contributed by atoms with Crippen LogP contribution in [0.15, 0.2) is 36.8 Å². The van der Waals surface area contributed by atoms with Gasteiger partial charge in [-0.2, -0.15) is 0 Å². The van der Waals surface area contributed by atoms with E-state index in [-0.39, 0.29) is 0 Å². The zero-order valence-electron chi connectivity index (χ0n) is 10.4. The lowest BCUT2D eigenvalue weighted by Gasteiger charge is -2.10. The molecule has 0 aliphatic rings. The van der Waals surface area contributed by atoms with Crippen molar-refractivity contribution in [3.8, 4) is 0 Å². The minimum absolute atomic E-state index is 0.512. The molecule has 2 aromatic rings. The van der Waals surface area contributed by atoms with Crippen molar-refractivity contribution in [2.24, 2.45) is 0 Å². The van der Waals surface area contributed by atoms with Gasteiger partial charge in [-0.05, 0) is 42.4 Å². The Balaban J connectivity index is 1.89. The summed E-state index contributed by atoms with van der Waals surface area (Å²) in [6.07, 6.45) is 5.13. The Morgan fingerprint density at radius 3 is 2.95 bits per heavy atom. The third-order valence-corrected chi connectivity index (χ3v) is 3.11. The fourth-order valence-electron chi connectivity index (χ4n) is 1.45. The number of aryl methyl sites for hydroxylation is 1. The Morgan fingerprint density at radius 1 is 1.42 bits per heavy atom. The molecule has 19 heavy (non-hydrogen) atoms. The van der Waals surface area contributed by atoms with Gasteiger partial charge in [-0.15, -0.1) is 0 Å². The number of hydrogen-bond acceptors (Lipinski definition) is 3. The molecule has 2 rings (SSSR count). The van der Waals surface area contributed by atoms with E-state index in [1.807, 2.05) is 25.1 Å². The summed E-state index contributed by atoms with van der Waals surface area (Å²) in [4.78, 5) is 8.19. The van der Waals surface area contributed by atoms with Crippen molar-refractivity contribution < 1.29 is 0 Å². The number of aromatic nitrogens is 2. The second-order valence-corrected chi connectivity index (χ2v) is 4.80. The van der Waals surface area contributed by atoms with Crippen LogP contribution >= 0.6 is 23.8 Å². The molecule has 0 atom stereocenters. The maximum atomic E-state index is 5.91. The average molecular weight is 293 g/mol. The van der Waals surface area contributed by atoms with E-state index in [4.69, 9.17) is 23.8 Å². The van der Waals surface area contributed by atoms with Crippen molar-refractivity contribution in [3.05, 3.63) is 52.9 Å². The van der Waals surface area contributed by atoms with Crippen LogP contribution in [0.3, 0.4) is 0 Å². The van der Waals surface area contributed by atoms with Crippen LogP contribution < -0.4 is 10.6 Å². The van der Waals surface area contributed by atoms with Crippen LogP contribution in [-0.2, 0) is 6.54 Å². The predicted molar refractivity (Wildman–Crippen MR) is 81.3 cm³/mol. The monoisotopic (exact) mass is 292 g/mol. The van der Waals surface area contributed by atoms with Gasteiger partial charge in [-0.3, -0.25) is 4.98 Å². The third kappa shape index (κ3) is 4.15. The number of nitrogens with one attached hydrogen (secondary N) is 2. The zero-order chi connectivity index (χ0) is 13.7. The molecule has 6 heteroatoms. The van der Waals surface area contributed by atoms with E-state index in [1.54, 1.807) is 18.6 Å². The first kappa shape index (κ1) is 13.7. The maximum absolute atomic E-state index is 5.91. The van der Waals surface area contributed by atoms with Gasteiger partial charge in [-0.25, -0.2) is 4.98 Å². The number of pyridine rings is 2. The molecular weight excluding hydrogens is 280 g/mol. The fraction of sp³-hybridized carbons (Fsp3) is 0.154. The number of thiocarbonyl (C=S) groups is 1. The van der Waals surface area contributed by atoms with Gasteiger partial charge >= 0.3 is 0 Å². The summed E-state index contributed by atoms with van der Waals surface area (Å²) in [5.74, 6) is 0.672. The van der Waals surface area contributed by atoms with Gasteiger partial charge in [-0.1, -0.05) is 17.7 Å². The Labute approximate surface area is 122 Å². The van der Waals surface area contributed by atoms with Gasteiger partial charge in [0.2, 0.25) is 0 Å². The lowest BCUT2D eigenvalue weighted by Crippen LogP contribution is -2.28. The molecule has 0 saturated heterocycles. The van der Waals surface area contributed by atoms with Gasteiger partial charge in [0, 0.05) is 25.1 Å². The summed E-state index contributed by atoms with van der Waals surface area (Å²) < 4.78 is 0. The number of anilines is 1. The first-order chi connectivity index (χ1) is 9.15. The molecule has 0 saturated carbocycles. The average Bonchev–Trinajstić information content (AvgIpc) is 2.42. The number of hydrogen-bond donors (Lipinski definition) is 2. The summed E-state index contributed by atoms with van der Waals surface area (Å²) in [6, 6.07) is 5.71. The molecule has 2 aromatic heterocycles. The quantitative estimate of drug-likeness (QED) is 0.852. The van der Waals surface area contributed by atoms with E-state index in [0.717, 1.165) is 11.1 Å². The molecule has 0 unspecified atom stereocenters. The second kappa shape index (κ2) is 6.45. The largest absolute Gasteiger partial charge is 0.358 e. The Morgan fingerprint density at radius 2 is 2.26 bits per heavy atom. The van der Waals surface area contributed by atoms with Crippen LogP contribution in [0.1, 0.15) is 11.1 Å². The summed E-state index contributed by atoms with van der Waals surface area (Å²) in [5.41, 5.74) is 2.01. The Kier molecular flexibility index (Phi) is 4.65. The van der Waals surface area contributed by atoms with E-state index >= 15 is 0 Å². The van der Waals surface area contributed by atoms with E-state index in [0.29, 0.717) is 22.5 Å². The van der Waals surface area contributed by atoms with Gasteiger partial charge in [0.05, 0.1) is 5.02 Å².